The zero-order chi connectivity index (χ0) is 20.5. The molecule has 2 heterocycles. The number of fused-ring (bicyclic) bond motifs is 1. The van der Waals surface area contributed by atoms with Gasteiger partial charge in [0.15, 0.2) is 0 Å². The first kappa shape index (κ1) is 18.5. The van der Waals surface area contributed by atoms with Crippen LogP contribution in [-0.4, -0.2) is 34.1 Å². The molecule has 4 aromatic rings. The monoisotopic (exact) mass is 401 g/mol. The Morgan fingerprint density at radius 2 is 1.80 bits per heavy atom. The van der Waals surface area contributed by atoms with Crippen molar-refractivity contribution in [2.45, 2.75) is 18.8 Å². The molecule has 3 aromatic carbocycles. The van der Waals surface area contributed by atoms with Gasteiger partial charge in [-0.05, 0) is 53.9 Å². The number of halogens is 1. The van der Waals surface area contributed by atoms with Crippen molar-refractivity contribution >= 4 is 16.7 Å². The Bertz CT molecular complexity index is 1200. The topological polar surface area (TPSA) is 59.2 Å². The molecule has 1 aliphatic rings. The minimum atomic E-state index is -0.312. The summed E-state index contributed by atoms with van der Waals surface area (Å²) in [5, 5.41) is 10.3. The minimum absolute atomic E-state index is 0.0145. The Morgan fingerprint density at radius 3 is 2.67 bits per heavy atom. The maximum Gasteiger partial charge on any atom is 0.254 e. The molecule has 1 saturated heterocycles. The van der Waals surface area contributed by atoms with Gasteiger partial charge in [0.1, 0.15) is 5.82 Å². The molecule has 5 nitrogen and oxygen atoms in total. The van der Waals surface area contributed by atoms with Gasteiger partial charge >= 0.3 is 0 Å². The van der Waals surface area contributed by atoms with E-state index < -0.39 is 0 Å². The number of aromatic nitrogens is 2. The van der Waals surface area contributed by atoms with Crippen LogP contribution in [0.5, 0.6) is 0 Å². The van der Waals surface area contributed by atoms with E-state index in [9.17, 15) is 9.18 Å². The summed E-state index contributed by atoms with van der Waals surface area (Å²) in [6.07, 6.45) is 1.75. The van der Waals surface area contributed by atoms with E-state index in [4.69, 9.17) is 4.42 Å². The molecule has 0 aliphatic carbocycles. The summed E-state index contributed by atoms with van der Waals surface area (Å²) in [6, 6.07) is 19.7. The summed E-state index contributed by atoms with van der Waals surface area (Å²) >= 11 is 0. The summed E-state index contributed by atoms with van der Waals surface area (Å²) in [6.45, 7) is 1.24. The summed E-state index contributed by atoms with van der Waals surface area (Å²) in [5.41, 5.74) is 1.39. The SMILES string of the molecule is O=C(c1cccc2ccccc12)N1CCCC(c2nnc(-c3ccc(F)cc3)o2)C1. The molecule has 0 bridgehead atoms. The summed E-state index contributed by atoms with van der Waals surface area (Å²) in [7, 11) is 0. The van der Waals surface area contributed by atoms with Crippen LogP contribution in [0.15, 0.2) is 71.1 Å². The maximum atomic E-state index is 13.3. The molecule has 0 saturated carbocycles. The standard InChI is InChI=1S/C24H20FN3O2/c25-19-12-10-17(11-13-19)22-26-27-23(30-22)18-7-4-14-28(15-18)24(29)21-9-3-6-16-5-1-2-8-20(16)21/h1-3,5-6,8-13,18H,4,7,14-15H2. The molecule has 1 aromatic heterocycles. The lowest BCUT2D eigenvalue weighted by atomic mass is 9.96. The first-order chi connectivity index (χ1) is 14.7. The van der Waals surface area contributed by atoms with Crippen molar-refractivity contribution in [1.82, 2.24) is 15.1 Å². The summed E-state index contributed by atoms with van der Waals surface area (Å²) < 4.78 is 19.0. The van der Waals surface area contributed by atoms with Gasteiger partial charge in [-0.2, -0.15) is 0 Å². The fraction of sp³-hybridized carbons (Fsp3) is 0.208. The van der Waals surface area contributed by atoms with Crippen LogP contribution in [0.4, 0.5) is 4.39 Å². The lowest BCUT2D eigenvalue weighted by Crippen LogP contribution is -2.39. The van der Waals surface area contributed by atoms with Crippen LogP contribution < -0.4 is 0 Å². The van der Waals surface area contributed by atoms with Crippen molar-refractivity contribution in [1.29, 1.82) is 0 Å². The van der Waals surface area contributed by atoms with E-state index in [2.05, 4.69) is 10.2 Å². The van der Waals surface area contributed by atoms with Crippen LogP contribution in [0.2, 0.25) is 0 Å². The molecule has 1 atom stereocenters. The first-order valence-electron chi connectivity index (χ1n) is 10.1. The predicted molar refractivity (Wildman–Crippen MR) is 112 cm³/mol. The Labute approximate surface area is 173 Å². The average Bonchev–Trinajstić information content (AvgIpc) is 3.29. The van der Waals surface area contributed by atoms with Gasteiger partial charge in [-0.1, -0.05) is 36.4 Å². The van der Waals surface area contributed by atoms with E-state index in [0.29, 0.717) is 36.0 Å². The molecule has 1 aliphatic heterocycles. The molecular formula is C24H20FN3O2. The van der Waals surface area contributed by atoms with Crippen molar-refractivity contribution in [2.24, 2.45) is 0 Å². The normalized spacial score (nSPS) is 16.7. The molecule has 0 spiro atoms. The van der Waals surface area contributed by atoms with Crippen LogP contribution in [0, 0.1) is 5.82 Å². The molecule has 1 unspecified atom stereocenters. The first-order valence-corrected chi connectivity index (χ1v) is 10.1. The number of benzene rings is 3. The minimum Gasteiger partial charge on any atom is -0.420 e. The molecule has 6 heteroatoms. The Hall–Kier alpha value is -3.54. The molecule has 30 heavy (non-hydrogen) atoms. The van der Waals surface area contributed by atoms with Gasteiger partial charge in [0.05, 0.1) is 5.92 Å². The lowest BCUT2D eigenvalue weighted by Gasteiger charge is -2.31. The van der Waals surface area contributed by atoms with Crippen LogP contribution in [0.3, 0.4) is 0 Å². The number of hydrogen-bond donors (Lipinski definition) is 0. The number of amides is 1. The van der Waals surface area contributed by atoms with Gasteiger partial charge in [0.2, 0.25) is 11.8 Å². The van der Waals surface area contributed by atoms with Crippen molar-refractivity contribution < 1.29 is 13.6 Å². The third kappa shape index (κ3) is 3.45. The van der Waals surface area contributed by atoms with Crippen molar-refractivity contribution in [3.63, 3.8) is 0 Å². The zero-order valence-electron chi connectivity index (χ0n) is 16.3. The second-order valence-corrected chi connectivity index (χ2v) is 7.57. The van der Waals surface area contributed by atoms with Gasteiger partial charge in [-0.3, -0.25) is 4.79 Å². The quantitative estimate of drug-likeness (QED) is 0.482. The van der Waals surface area contributed by atoms with Crippen LogP contribution in [-0.2, 0) is 0 Å². The Balaban J connectivity index is 1.37. The van der Waals surface area contributed by atoms with Crippen LogP contribution in [0.1, 0.15) is 35.0 Å². The number of rotatable bonds is 3. The highest BCUT2D eigenvalue weighted by Gasteiger charge is 2.29. The second-order valence-electron chi connectivity index (χ2n) is 7.57. The number of nitrogens with zero attached hydrogens (tertiary/aromatic N) is 3. The molecule has 1 fully saturated rings. The van der Waals surface area contributed by atoms with Crippen molar-refractivity contribution in [2.75, 3.05) is 13.1 Å². The van der Waals surface area contributed by atoms with Gasteiger partial charge < -0.3 is 9.32 Å². The van der Waals surface area contributed by atoms with E-state index >= 15 is 0 Å². The number of hydrogen-bond acceptors (Lipinski definition) is 4. The highest BCUT2D eigenvalue weighted by atomic mass is 19.1. The third-order valence-corrected chi connectivity index (χ3v) is 5.61. The number of piperidine rings is 1. The smallest absolute Gasteiger partial charge is 0.254 e. The van der Waals surface area contributed by atoms with Crippen molar-refractivity contribution in [3.8, 4) is 11.5 Å². The van der Waals surface area contributed by atoms with E-state index in [1.54, 1.807) is 12.1 Å². The lowest BCUT2D eigenvalue weighted by molar-refractivity contribution is 0.0700. The average molecular weight is 401 g/mol. The number of carbonyl (C=O) groups excluding carboxylic acids is 1. The fourth-order valence-electron chi connectivity index (χ4n) is 4.05. The summed E-state index contributed by atoms with van der Waals surface area (Å²) in [5.74, 6) is 0.578. The zero-order valence-corrected chi connectivity index (χ0v) is 16.3. The molecule has 1 amide bonds. The summed E-state index contributed by atoms with van der Waals surface area (Å²) in [4.78, 5) is 15.1. The van der Waals surface area contributed by atoms with Gasteiger partial charge in [0.25, 0.3) is 5.91 Å². The largest absolute Gasteiger partial charge is 0.420 e. The van der Waals surface area contributed by atoms with Gasteiger partial charge in [-0.15, -0.1) is 10.2 Å². The fourth-order valence-corrected chi connectivity index (χ4v) is 4.05. The third-order valence-electron chi connectivity index (χ3n) is 5.61. The molecule has 150 valence electrons. The van der Waals surface area contributed by atoms with Gasteiger partial charge in [0, 0.05) is 24.2 Å². The molecule has 0 N–H and O–H groups in total. The molecule has 5 rings (SSSR count). The van der Waals surface area contributed by atoms with Crippen LogP contribution in [0.25, 0.3) is 22.2 Å². The van der Waals surface area contributed by atoms with E-state index in [1.807, 2.05) is 47.4 Å². The second kappa shape index (κ2) is 7.71. The highest BCUT2D eigenvalue weighted by Crippen LogP contribution is 2.30. The molecular weight excluding hydrogens is 381 g/mol. The van der Waals surface area contributed by atoms with E-state index in [-0.39, 0.29) is 17.6 Å². The predicted octanol–water partition coefficient (Wildman–Crippen LogP) is 5.05. The molecule has 0 radical (unpaired) electrons. The van der Waals surface area contributed by atoms with Gasteiger partial charge in [-0.25, -0.2) is 4.39 Å². The Morgan fingerprint density at radius 1 is 1.00 bits per heavy atom. The van der Waals surface area contributed by atoms with E-state index in [1.165, 1.54) is 12.1 Å². The van der Waals surface area contributed by atoms with Crippen molar-refractivity contribution in [3.05, 3.63) is 84.0 Å². The Kier molecular flexibility index (Phi) is 4.75. The maximum absolute atomic E-state index is 13.3. The van der Waals surface area contributed by atoms with E-state index in [0.717, 1.165) is 23.6 Å². The number of carbonyl (C=O) groups is 1. The van der Waals surface area contributed by atoms with Crippen LogP contribution >= 0.6 is 0 Å². The number of likely N-dealkylation sites (tertiary alicyclic amines) is 1. The highest BCUT2D eigenvalue weighted by molar-refractivity contribution is 6.07.